The van der Waals surface area contributed by atoms with Crippen molar-refractivity contribution in [1.29, 1.82) is 0 Å². The van der Waals surface area contributed by atoms with E-state index in [1.165, 1.54) is 0 Å². The van der Waals surface area contributed by atoms with Crippen molar-refractivity contribution < 1.29 is 0 Å². The van der Waals surface area contributed by atoms with Gasteiger partial charge in [-0.15, -0.1) is 0 Å². The van der Waals surface area contributed by atoms with E-state index in [1.807, 2.05) is 6.66 Å². The number of hydrogen-bond acceptors (Lipinski definition) is 0. The maximum atomic E-state index is 6.21. The minimum absolute atomic E-state index is 0.388. The van der Waals surface area contributed by atoms with Crippen molar-refractivity contribution in [1.82, 2.24) is 0 Å². The van der Waals surface area contributed by atoms with Gasteiger partial charge in [0.05, 0.1) is 0 Å². The van der Waals surface area contributed by atoms with Crippen LogP contribution < -0.4 is 0 Å². The molecule has 0 aromatic rings. The van der Waals surface area contributed by atoms with Crippen molar-refractivity contribution in [2.45, 2.75) is 12.6 Å². The van der Waals surface area contributed by atoms with Gasteiger partial charge in [-0.2, -0.15) is 0 Å². The topological polar surface area (TPSA) is 0 Å². The van der Waals surface area contributed by atoms with Crippen molar-refractivity contribution in [3.63, 3.8) is 0 Å². The summed E-state index contributed by atoms with van der Waals surface area (Å²) >= 11 is 12.4. The molecule has 1 heterocycles. The molecule has 0 spiro atoms. The molecule has 0 aliphatic carbocycles. The molecule has 0 saturated carbocycles. The predicted octanol–water partition coefficient (Wildman–Crippen LogP) is 3.44. The van der Waals surface area contributed by atoms with Gasteiger partial charge in [0.1, 0.15) is 0 Å². The molecular formula is C6H11Cl2P. The van der Waals surface area contributed by atoms with Gasteiger partial charge in [0.15, 0.2) is 0 Å². The molecule has 9 heavy (non-hydrogen) atoms. The summed E-state index contributed by atoms with van der Waals surface area (Å²) in [7, 11) is 0. The third kappa shape index (κ3) is 1.42. The average molecular weight is 185 g/mol. The fourth-order valence-electron chi connectivity index (χ4n) is 0.882. The molecule has 1 rings (SSSR count). The third-order valence-corrected chi connectivity index (χ3v) is 7.87. The number of halogens is 2. The Balaban J connectivity index is 2.87. The normalized spacial score (nSPS) is 41.8. The molecule has 1 atom stereocenters. The summed E-state index contributed by atoms with van der Waals surface area (Å²) in [6.07, 6.45) is 5.08. The maximum absolute atomic E-state index is 6.21. The Kier molecular flexibility index (Phi) is 1.63. The fourth-order valence-corrected chi connectivity index (χ4v) is 3.24. The summed E-state index contributed by atoms with van der Waals surface area (Å²) in [6, 6.07) is 0. The van der Waals surface area contributed by atoms with Gasteiger partial charge in [-0.1, -0.05) is 0 Å². The molecule has 0 saturated heterocycles. The Morgan fingerprint density at radius 1 is 1.56 bits per heavy atom. The van der Waals surface area contributed by atoms with Crippen molar-refractivity contribution in [2.75, 3.05) is 12.8 Å². The van der Waals surface area contributed by atoms with Crippen LogP contribution in [0.3, 0.4) is 0 Å². The third-order valence-electron chi connectivity index (χ3n) is 1.95. The second-order valence-corrected chi connectivity index (χ2v) is 13.5. The van der Waals surface area contributed by atoms with Crippen LogP contribution in [0.4, 0.5) is 0 Å². The quantitative estimate of drug-likeness (QED) is 0.400. The molecule has 1 aliphatic rings. The van der Waals surface area contributed by atoms with Gasteiger partial charge < -0.3 is 0 Å². The van der Waals surface area contributed by atoms with E-state index in [9.17, 15) is 0 Å². The predicted molar refractivity (Wildman–Crippen MR) is 48.0 cm³/mol. The number of rotatable bonds is 0. The molecule has 0 bridgehead atoms. The van der Waals surface area contributed by atoms with Gasteiger partial charge in [0, 0.05) is 0 Å². The molecule has 0 N–H and O–H groups in total. The van der Waals surface area contributed by atoms with Crippen molar-refractivity contribution in [3.8, 4) is 0 Å². The monoisotopic (exact) mass is 184 g/mol. The summed E-state index contributed by atoms with van der Waals surface area (Å²) in [5.41, 5.74) is 0.388. The Morgan fingerprint density at radius 2 is 2.11 bits per heavy atom. The van der Waals surface area contributed by atoms with Crippen LogP contribution in [0.25, 0.3) is 0 Å². The van der Waals surface area contributed by atoms with Crippen molar-refractivity contribution in [2.24, 2.45) is 0 Å². The van der Waals surface area contributed by atoms with Gasteiger partial charge in [-0.05, 0) is 0 Å². The Bertz CT molecular complexity index is 154. The SMILES string of the molecule is CC1C=CCP1(C)(Cl)Cl. The van der Waals surface area contributed by atoms with Crippen LogP contribution >= 0.6 is 27.8 Å². The molecule has 0 aromatic heterocycles. The summed E-state index contributed by atoms with van der Waals surface area (Å²) in [6.45, 7) is 4.08. The van der Waals surface area contributed by atoms with E-state index >= 15 is 0 Å². The summed E-state index contributed by atoms with van der Waals surface area (Å²) < 4.78 is 0. The van der Waals surface area contributed by atoms with Crippen LogP contribution in [-0.4, -0.2) is 18.5 Å². The first-order valence-corrected chi connectivity index (χ1v) is 7.76. The van der Waals surface area contributed by atoms with Crippen LogP contribution in [0.2, 0.25) is 0 Å². The van der Waals surface area contributed by atoms with E-state index in [4.69, 9.17) is 22.5 Å². The first kappa shape index (κ1) is 7.85. The second kappa shape index (κ2) is 1.87. The Morgan fingerprint density at radius 3 is 2.22 bits per heavy atom. The first-order chi connectivity index (χ1) is 3.90. The summed E-state index contributed by atoms with van der Waals surface area (Å²) in [5.74, 6) is 0. The van der Waals surface area contributed by atoms with Crippen LogP contribution in [0.5, 0.6) is 0 Å². The standard InChI is InChI=1S/C6H11Cl2P/c1-6-4-3-5-9(6,2,7)8/h3-4,6H,5H2,1-2H3. The Labute approximate surface area is 65.7 Å². The van der Waals surface area contributed by atoms with E-state index in [0.29, 0.717) is 5.66 Å². The van der Waals surface area contributed by atoms with Gasteiger partial charge in [-0.3, -0.25) is 0 Å². The Hall–Kier alpha value is 0.750. The van der Waals surface area contributed by atoms with E-state index in [1.54, 1.807) is 0 Å². The molecule has 54 valence electrons. The van der Waals surface area contributed by atoms with E-state index in [-0.39, 0.29) is 0 Å². The first-order valence-electron chi connectivity index (χ1n) is 3.01. The zero-order valence-corrected chi connectivity index (χ0v) is 8.05. The second-order valence-electron chi connectivity index (χ2n) is 2.94. The zero-order valence-electron chi connectivity index (χ0n) is 5.64. The molecule has 3 heteroatoms. The van der Waals surface area contributed by atoms with Crippen molar-refractivity contribution >= 4 is 27.8 Å². The van der Waals surface area contributed by atoms with Gasteiger partial charge in [-0.25, -0.2) is 0 Å². The van der Waals surface area contributed by atoms with Crippen LogP contribution in [0.1, 0.15) is 6.92 Å². The van der Waals surface area contributed by atoms with Crippen LogP contribution in [0.15, 0.2) is 12.2 Å². The minimum atomic E-state index is -2.27. The van der Waals surface area contributed by atoms with Gasteiger partial charge in [0.2, 0.25) is 0 Å². The number of allylic oxidation sites excluding steroid dienone is 2. The molecule has 0 fully saturated rings. The van der Waals surface area contributed by atoms with Gasteiger partial charge >= 0.3 is 65.4 Å². The van der Waals surface area contributed by atoms with E-state index < -0.39 is 5.31 Å². The van der Waals surface area contributed by atoms with Gasteiger partial charge in [0.25, 0.3) is 0 Å². The molecule has 0 radical (unpaired) electrons. The average Bonchev–Trinajstić information content (AvgIpc) is 1.82. The molecule has 0 amide bonds. The van der Waals surface area contributed by atoms with Crippen LogP contribution in [0, 0.1) is 0 Å². The number of hydrogen-bond donors (Lipinski definition) is 0. The summed E-state index contributed by atoms with van der Waals surface area (Å²) in [5, 5.41) is -2.27. The molecular weight excluding hydrogens is 174 g/mol. The molecule has 1 unspecified atom stereocenters. The van der Waals surface area contributed by atoms with E-state index in [0.717, 1.165) is 6.16 Å². The molecule has 0 nitrogen and oxygen atoms in total. The fraction of sp³-hybridized carbons (Fsp3) is 0.667. The van der Waals surface area contributed by atoms with E-state index in [2.05, 4.69) is 19.1 Å². The zero-order chi connectivity index (χ0) is 7.15. The summed E-state index contributed by atoms with van der Waals surface area (Å²) in [4.78, 5) is 0. The molecule has 1 aliphatic heterocycles. The van der Waals surface area contributed by atoms with Crippen molar-refractivity contribution in [3.05, 3.63) is 12.2 Å². The van der Waals surface area contributed by atoms with Crippen LogP contribution in [-0.2, 0) is 0 Å². The molecule has 0 aromatic carbocycles.